The molecule has 1 N–H and O–H groups in total. The third-order valence-electron chi connectivity index (χ3n) is 2.45. The number of aromatic amines is 1. The molecule has 0 atom stereocenters. The third kappa shape index (κ3) is 4.32. The van der Waals surface area contributed by atoms with Crippen LogP contribution < -0.4 is 10.3 Å². The Bertz CT molecular complexity index is 666. The highest BCUT2D eigenvalue weighted by Gasteiger charge is 2.30. The van der Waals surface area contributed by atoms with Crippen molar-refractivity contribution in [1.82, 2.24) is 9.97 Å². The van der Waals surface area contributed by atoms with Crippen molar-refractivity contribution in [2.24, 2.45) is 0 Å². The lowest BCUT2D eigenvalue weighted by Crippen LogP contribution is -2.17. The zero-order valence-electron chi connectivity index (χ0n) is 10.9. The van der Waals surface area contributed by atoms with Gasteiger partial charge in [0.25, 0.3) is 5.56 Å². The molecule has 2 aromatic rings. The first-order valence-electron chi connectivity index (χ1n) is 5.83. The first-order valence-corrected chi connectivity index (χ1v) is 5.83. The summed E-state index contributed by atoms with van der Waals surface area (Å²) in [5, 5.41) is 0. The summed E-state index contributed by atoms with van der Waals surface area (Å²) >= 11 is 0. The Morgan fingerprint density at radius 3 is 2.48 bits per heavy atom. The fourth-order valence-corrected chi connectivity index (χ4v) is 1.68. The van der Waals surface area contributed by atoms with E-state index in [1.54, 1.807) is 0 Å². The fourth-order valence-electron chi connectivity index (χ4n) is 1.68. The molecule has 2 rings (SSSR count). The molecule has 112 valence electrons. The van der Waals surface area contributed by atoms with Crippen molar-refractivity contribution in [3.63, 3.8) is 0 Å². The van der Waals surface area contributed by atoms with Gasteiger partial charge >= 0.3 is 6.36 Å². The molecule has 0 saturated heterocycles. The molecule has 0 radical (unpaired) electrons. The molecule has 5 nitrogen and oxygen atoms in total. The normalized spacial score (nSPS) is 11.4. The molecule has 1 aromatic heterocycles. The Kier molecular flexibility index (Phi) is 4.27. The molecular formula is C13H11F3N2O3. The van der Waals surface area contributed by atoms with E-state index < -0.39 is 6.36 Å². The molecule has 8 heteroatoms. The van der Waals surface area contributed by atoms with Gasteiger partial charge < -0.3 is 14.5 Å². The molecule has 21 heavy (non-hydrogen) atoms. The Balaban J connectivity index is 2.28. The van der Waals surface area contributed by atoms with E-state index in [-0.39, 0.29) is 23.7 Å². The summed E-state index contributed by atoms with van der Waals surface area (Å²) in [5.74, 6) is -0.102. The maximum absolute atomic E-state index is 12.1. The van der Waals surface area contributed by atoms with Gasteiger partial charge in [0, 0.05) is 18.7 Å². The highest BCUT2D eigenvalue weighted by atomic mass is 19.4. The number of nitrogens with one attached hydrogen (secondary N) is 1. The molecule has 0 saturated carbocycles. The molecule has 1 heterocycles. The molecule has 0 amide bonds. The highest BCUT2D eigenvalue weighted by Crippen LogP contribution is 2.24. The standard InChI is InChI=1S/C13H11F3N2O3/c1-20-7-9-6-11(19)18-12(17-9)8-2-4-10(5-3-8)21-13(14,15)16/h2-6H,7H2,1H3,(H,17,18,19). The third-order valence-corrected chi connectivity index (χ3v) is 2.45. The average Bonchev–Trinajstić information content (AvgIpc) is 2.37. The second-order valence-electron chi connectivity index (χ2n) is 4.09. The van der Waals surface area contributed by atoms with Crippen molar-refractivity contribution < 1.29 is 22.6 Å². The van der Waals surface area contributed by atoms with Gasteiger partial charge in [0.2, 0.25) is 0 Å². The first-order chi connectivity index (χ1) is 9.87. The number of nitrogens with zero attached hydrogens (tertiary/aromatic N) is 1. The summed E-state index contributed by atoms with van der Waals surface area (Å²) in [5.41, 5.74) is 0.508. The minimum atomic E-state index is -4.74. The largest absolute Gasteiger partial charge is 0.573 e. The van der Waals surface area contributed by atoms with E-state index in [9.17, 15) is 18.0 Å². The van der Waals surface area contributed by atoms with Crippen LogP contribution in [0.3, 0.4) is 0 Å². The monoisotopic (exact) mass is 300 g/mol. The molecule has 0 aliphatic rings. The van der Waals surface area contributed by atoms with E-state index in [0.717, 1.165) is 12.1 Å². The van der Waals surface area contributed by atoms with Crippen LogP contribution in [-0.2, 0) is 11.3 Å². The fraction of sp³-hybridized carbons (Fsp3) is 0.231. The number of alkyl halides is 3. The summed E-state index contributed by atoms with van der Waals surface area (Å²) in [6, 6.07) is 6.32. The summed E-state index contributed by atoms with van der Waals surface area (Å²) in [4.78, 5) is 18.1. The van der Waals surface area contributed by atoms with Gasteiger partial charge in [-0.05, 0) is 24.3 Å². The molecule has 0 aliphatic carbocycles. The van der Waals surface area contributed by atoms with Crippen LogP contribution in [-0.4, -0.2) is 23.4 Å². The van der Waals surface area contributed by atoms with Crippen molar-refractivity contribution in [2.45, 2.75) is 13.0 Å². The number of rotatable bonds is 4. The topological polar surface area (TPSA) is 64.2 Å². The van der Waals surface area contributed by atoms with E-state index in [2.05, 4.69) is 14.7 Å². The Morgan fingerprint density at radius 1 is 1.24 bits per heavy atom. The maximum Gasteiger partial charge on any atom is 0.573 e. The lowest BCUT2D eigenvalue weighted by Gasteiger charge is -2.09. The average molecular weight is 300 g/mol. The number of ether oxygens (including phenoxy) is 2. The Labute approximate surface area is 117 Å². The van der Waals surface area contributed by atoms with Crippen LogP contribution in [0.4, 0.5) is 13.2 Å². The molecule has 0 fully saturated rings. The number of hydrogen-bond acceptors (Lipinski definition) is 4. The number of aromatic nitrogens is 2. The predicted molar refractivity (Wildman–Crippen MR) is 67.7 cm³/mol. The SMILES string of the molecule is COCc1cc(=O)[nH]c(-c2ccc(OC(F)(F)F)cc2)n1. The summed E-state index contributed by atoms with van der Waals surface area (Å²) in [7, 11) is 1.46. The summed E-state index contributed by atoms with van der Waals surface area (Å²) in [6.07, 6.45) is -4.74. The van der Waals surface area contributed by atoms with Crippen LogP contribution in [0.25, 0.3) is 11.4 Å². The van der Waals surface area contributed by atoms with Gasteiger partial charge in [-0.25, -0.2) is 4.98 Å². The number of benzene rings is 1. The second kappa shape index (κ2) is 5.96. The van der Waals surface area contributed by atoms with Gasteiger partial charge in [0.05, 0.1) is 12.3 Å². The van der Waals surface area contributed by atoms with Gasteiger partial charge in [-0.3, -0.25) is 4.79 Å². The van der Waals surface area contributed by atoms with Crippen molar-refractivity contribution >= 4 is 0 Å². The lowest BCUT2D eigenvalue weighted by molar-refractivity contribution is -0.274. The van der Waals surface area contributed by atoms with Crippen LogP contribution in [0.15, 0.2) is 35.1 Å². The molecule has 0 unspecified atom stereocenters. The molecule has 0 bridgehead atoms. The number of hydrogen-bond donors (Lipinski definition) is 1. The number of methoxy groups -OCH3 is 1. The number of halogens is 3. The minimum absolute atomic E-state index is 0.159. The molecular weight excluding hydrogens is 289 g/mol. The zero-order chi connectivity index (χ0) is 15.5. The van der Waals surface area contributed by atoms with E-state index >= 15 is 0 Å². The zero-order valence-corrected chi connectivity index (χ0v) is 10.9. The maximum atomic E-state index is 12.1. The van der Waals surface area contributed by atoms with Gasteiger partial charge in [0.1, 0.15) is 11.6 Å². The van der Waals surface area contributed by atoms with Gasteiger partial charge in [-0.15, -0.1) is 13.2 Å². The second-order valence-corrected chi connectivity index (χ2v) is 4.09. The predicted octanol–water partition coefficient (Wildman–Crippen LogP) is 2.48. The van der Waals surface area contributed by atoms with Crippen molar-refractivity contribution in [3.8, 4) is 17.1 Å². The quantitative estimate of drug-likeness (QED) is 0.942. The van der Waals surface area contributed by atoms with E-state index in [0.29, 0.717) is 11.3 Å². The smallest absolute Gasteiger partial charge is 0.406 e. The van der Waals surface area contributed by atoms with Crippen LogP contribution in [0.2, 0.25) is 0 Å². The van der Waals surface area contributed by atoms with E-state index in [1.807, 2.05) is 0 Å². The lowest BCUT2D eigenvalue weighted by atomic mass is 10.2. The van der Waals surface area contributed by atoms with Crippen molar-refractivity contribution in [2.75, 3.05) is 7.11 Å². The van der Waals surface area contributed by atoms with Crippen LogP contribution in [0.1, 0.15) is 5.69 Å². The van der Waals surface area contributed by atoms with Crippen LogP contribution in [0, 0.1) is 0 Å². The number of H-pyrrole nitrogens is 1. The van der Waals surface area contributed by atoms with Crippen LogP contribution >= 0.6 is 0 Å². The Hall–Kier alpha value is -2.35. The molecule has 1 aromatic carbocycles. The first kappa shape index (κ1) is 15.0. The van der Waals surface area contributed by atoms with Crippen LogP contribution in [0.5, 0.6) is 5.75 Å². The van der Waals surface area contributed by atoms with Gasteiger partial charge in [0.15, 0.2) is 0 Å². The van der Waals surface area contributed by atoms with Crippen molar-refractivity contribution in [3.05, 3.63) is 46.4 Å². The minimum Gasteiger partial charge on any atom is -0.406 e. The van der Waals surface area contributed by atoms with E-state index in [4.69, 9.17) is 4.74 Å². The van der Waals surface area contributed by atoms with Crippen molar-refractivity contribution in [1.29, 1.82) is 0 Å². The van der Waals surface area contributed by atoms with Gasteiger partial charge in [-0.2, -0.15) is 0 Å². The molecule has 0 spiro atoms. The highest BCUT2D eigenvalue weighted by molar-refractivity contribution is 5.56. The summed E-state index contributed by atoms with van der Waals surface area (Å²) in [6.45, 7) is 0.159. The van der Waals surface area contributed by atoms with E-state index in [1.165, 1.54) is 25.3 Å². The summed E-state index contributed by atoms with van der Waals surface area (Å²) < 4.78 is 44.8. The Morgan fingerprint density at radius 2 is 1.90 bits per heavy atom. The molecule has 0 aliphatic heterocycles. The van der Waals surface area contributed by atoms with Gasteiger partial charge in [-0.1, -0.05) is 0 Å².